The molecular formula is C29H42O3. The van der Waals surface area contributed by atoms with Gasteiger partial charge in [0, 0.05) is 0 Å². The minimum atomic E-state index is -1.23. The van der Waals surface area contributed by atoms with E-state index < -0.39 is 6.16 Å². The molecule has 0 aromatic heterocycles. The van der Waals surface area contributed by atoms with Crippen molar-refractivity contribution in [1.29, 1.82) is 0 Å². The first kappa shape index (κ1) is 26.0. The van der Waals surface area contributed by atoms with Gasteiger partial charge in [0.2, 0.25) is 0 Å². The van der Waals surface area contributed by atoms with Gasteiger partial charge in [0.15, 0.2) is 0 Å². The fourth-order valence-corrected chi connectivity index (χ4v) is 4.51. The van der Waals surface area contributed by atoms with E-state index in [1.165, 1.54) is 27.8 Å². The van der Waals surface area contributed by atoms with Gasteiger partial charge in [-0.1, -0.05) is 77.6 Å². The zero-order valence-corrected chi connectivity index (χ0v) is 20.6. The van der Waals surface area contributed by atoms with Crippen molar-refractivity contribution in [2.45, 2.75) is 105 Å². The topological polar surface area (TPSA) is 46.5 Å². The van der Waals surface area contributed by atoms with Crippen LogP contribution in [0.2, 0.25) is 0 Å². The fraction of sp³-hybridized carbons (Fsp3) is 0.552. The van der Waals surface area contributed by atoms with Crippen molar-refractivity contribution in [1.82, 2.24) is 0 Å². The lowest BCUT2D eigenvalue weighted by molar-refractivity contribution is 0.144. The monoisotopic (exact) mass is 438 g/mol. The lowest BCUT2D eigenvalue weighted by Gasteiger charge is -2.23. The van der Waals surface area contributed by atoms with E-state index in [4.69, 9.17) is 4.74 Å². The zero-order valence-electron chi connectivity index (χ0n) is 20.6. The molecule has 0 unspecified atom stereocenters. The van der Waals surface area contributed by atoms with E-state index in [0.29, 0.717) is 5.75 Å². The molecule has 1 N–H and O–H groups in total. The minimum Gasteiger partial charge on any atom is -0.449 e. The largest absolute Gasteiger partial charge is 0.511 e. The molecule has 0 aliphatic heterocycles. The summed E-state index contributed by atoms with van der Waals surface area (Å²) in [6.07, 6.45) is 11.6. The third-order valence-electron chi connectivity index (χ3n) is 6.27. The molecule has 0 bridgehead atoms. The number of unbranched alkanes of at least 4 members (excludes halogenated alkanes) is 4. The third-order valence-corrected chi connectivity index (χ3v) is 6.27. The van der Waals surface area contributed by atoms with E-state index in [9.17, 15) is 9.90 Å². The second-order valence-electron chi connectivity index (χ2n) is 8.80. The van der Waals surface area contributed by atoms with Crippen LogP contribution in [-0.4, -0.2) is 11.3 Å². The summed E-state index contributed by atoms with van der Waals surface area (Å²) in [5.41, 5.74) is 7.62. The zero-order chi connectivity index (χ0) is 23.3. The molecule has 3 heteroatoms. The van der Waals surface area contributed by atoms with E-state index in [0.717, 1.165) is 82.6 Å². The van der Waals surface area contributed by atoms with Crippen LogP contribution in [0.15, 0.2) is 30.3 Å². The van der Waals surface area contributed by atoms with E-state index in [2.05, 4.69) is 52.0 Å². The highest BCUT2D eigenvalue weighted by atomic mass is 16.7. The van der Waals surface area contributed by atoms with Crippen molar-refractivity contribution in [2.75, 3.05) is 0 Å². The first-order chi connectivity index (χ1) is 15.6. The average molecular weight is 439 g/mol. The molecule has 0 saturated heterocycles. The van der Waals surface area contributed by atoms with Crippen molar-refractivity contribution < 1.29 is 14.6 Å². The Labute approximate surface area is 195 Å². The van der Waals surface area contributed by atoms with E-state index in [1.54, 1.807) is 0 Å². The Morgan fingerprint density at radius 2 is 1.25 bits per heavy atom. The van der Waals surface area contributed by atoms with Gasteiger partial charge in [-0.15, -0.1) is 0 Å². The molecular weight excluding hydrogens is 396 g/mol. The van der Waals surface area contributed by atoms with Gasteiger partial charge < -0.3 is 9.84 Å². The van der Waals surface area contributed by atoms with Crippen molar-refractivity contribution in [3.63, 3.8) is 0 Å². The Hall–Kier alpha value is -2.29. The standard InChI is InChI=1S/C29H42O3/c1-5-9-15-22-16-13-14-20-23(22)27-21-28(32-29(30)31)26(19-12-8-4)24(17-10-6-2)25(27)18-11-7-3/h13-14,16,20-21H,5-12,15,17-19H2,1-4H3,(H,30,31). The fourth-order valence-electron chi connectivity index (χ4n) is 4.51. The molecule has 0 radical (unpaired) electrons. The van der Waals surface area contributed by atoms with E-state index >= 15 is 0 Å². The van der Waals surface area contributed by atoms with Gasteiger partial charge in [0.05, 0.1) is 0 Å². The predicted molar refractivity (Wildman–Crippen MR) is 135 cm³/mol. The molecule has 0 aliphatic rings. The van der Waals surface area contributed by atoms with Crippen molar-refractivity contribution in [3.8, 4) is 16.9 Å². The van der Waals surface area contributed by atoms with Crippen LogP contribution in [0.5, 0.6) is 5.75 Å². The normalized spacial score (nSPS) is 11.0. The van der Waals surface area contributed by atoms with Crippen LogP contribution in [-0.2, 0) is 25.7 Å². The van der Waals surface area contributed by atoms with Crippen LogP contribution >= 0.6 is 0 Å². The second kappa shape index (κ2) is 14.0. The summed E-state index contributed by atoms with van der Waals surface area (Å²) < 4.78 is 5.42. The smallest absolute Gasteiger partial charge is 0.449 e. The van der Waals surface area contributed by atoms with Crippen LogP contribution in [0.3, 0.4) is 0 Å². The Kier molecular flexibility index (Phi) is 11.3. The SMILES string of the molecule is CCCCc1ccccc1-c1cc(OC(=O)O)c(CCCC)c(CCCC)c1CCCC. The summed E-state index contributed by atoms with van der Waals surface area (Å²) in [7, 11) is 0. The number of benzene rings is 2. The molecule has 0 atom stereocenters. The van der Waals surface area contributed by atoms with Crippen molar-refractivity contribution in [2.24, 2.45) is 0 Å². The number of rotatable bonds is 14. The summed E-state index contributed by atoms with van der Waals surface area (Å²) >= 11 is 0. The van der Waals surface area contributed by atoms with Crippen LogP contribution < -0.4 is 4.74 Å². The Bertz CT molecular complexity index is 854. The molecule has 0 spiro atoms. The lowest BCUT2D eigenvalue weighted by Crippen LogP contribution is -2.11. The second-order valence-corrected chi connectivity index (χ2v) is 8.80. The number of carboxylic acid groups (broad SMARTS) is 1. The first-order valence-corrected chi connectivity index (χ1v) is 12.7. The highest BCUT2D eigenvalue weighted by molar-refractivity contribution is 5.76. The van der Waals surface area contributed by atoms with Crippen LogP contribution in [0, 0.1) is 0 Å². The molecule has 2 aromatic carbocycles. The summed E-state index contributed by atoms with van der Waals surface area (Å²) in [5.74, 6) is 0.539. The molecule has 3 nitrogen and oxygen atoms in total. The maximum atomic E-state index is 11.6. The van der Waals surface area contributed by atoms with Gasteiger partial charge in [0.1, 0.15) is 5.75 Å². The van der Waals surface area contributed by atoms with Gasteiger partial charge in [-0.3, -0.25) is 0 Å². The molecule has 0 heterocycles. The molecule has 176 valence electrons. The van der Waals surface area contributed by atoms with Crippen molar-refractivity contribution in [3.05, 3.63) is 52.6 Å². The van der Waals surface area contributed by atoms with Crippen LogP contribution in [0.4, 0.5) is 4.79 Å². The maximum Gasteiger partial charge on any atom is 0.511 e. The average Bonchev–Trinajstić information content (AvgIpc) is 2.79. The van der Waals surface area contributed by atoms with Crippen LogP contribution in [0.1, 0.15) is 101 Å². The quantitative estimate of drug-likeness (QED) is 0.237. The Morgan fingerprint density at radius 3 is 1.84 bits per heavy atom. The Morgan fingerprint density at radius 1 is 0.719 bits per heavy atom. The molecule has 0 saturated carbocycles. The van der Waals surface area contributed by atoms with Gasteiger partial charge >= 0.3 is 6.16 Å². The number of hydrogen-bond acceptors (Lipinski definition) is 2. The summed E-state index contributed by atoms with van der Waals surface area (Å²) in [6, 6.07) is 10.7. The number of carbonyl (C=O) groups is 1. The molecule has 32 heavy (non-hydrogen) atoms. The van der Waals surface area contributed by atoms with Crippen LogP contribution in [0.25, 0.3) is 11.1 Å². The maximum absolute atomic E-state index is 11.6. The minimum absolute atomic E-state index is 0.539. The van der Waals surface area contributed by atoms with Gasteiger partial charge in [-0.05, 0) is 90.8 Å². The first-order valence-electron chi connectivity index (χ1n) is 12.7. The number of ether oxygens (including phenoxy) is 1. The van der Waals surface area contributed by atoms with E-state index in [-0.39, 0.29) is 0 Å². The van der Waals surface area contributed by atoms with Gasteiger partial charge in [0.25, 0.3) is 0 Å². The number of hydrogen-bond donors (Lipinski definition) is 1. The number of aryl methyl sites for hydroxylation is 1. The molecule has 0 aliphatic carbocycles. The van der Waals surface area contributed by atoms with Crippen molar-refractivity contribution >= 4 is 6.16 Å². The van der Waals surface area contributed by atoms with Gasteiger partial charge in [-0.2, -0.15) is 0 Å². The summed E-state index contributed by atoms with van der Waals surface area (Å²) in [4.78, 5) is 11.6. The summed E-state index contributed by atoms with van der Waals surface area (Å²) in [6.45, 7) is 8.86. The van der Waals surface area contributed by atoms with Gasteiger partial charge in [-0.25, -0.2) is 4.79 Å². The highest BCUT2D eigenvalue weighted by Gasteiger charge is 2.22. The third kappa shape index (κ3) is 7.12. The predicted octanol–water partition coefficient (Wildman–Crippen LogP) is 8.78. The molecule has 2 aromatic rings. The summed E-state index contributed by atoms with van der Waals surface area (Å²) in [5, 5.41) is 9.50. The highest BCUT2D eigenvalue weighted by Crippen LogP contribution is 2.39. The lowest BCUT2D eigenvalue weighted by atomic mass is 9.83. The van der Waals surface area contributed by atoms with E-state index in [1.807, 2.05) is 6.07 Å². The molecule has 0 amide bonds. The molecule has 2 rings (SSSR count). The Balaban J connectivity index is 2.79. The molecule has 0 fully saturated rings.